The first-order valence-electron chi connectivity index (χ1n) is 7.34. The van der Waals surface area contributed by atoms with E-state index >= 15 is 0 Å². The van der Waals surface area contributed by atoms with Crippen molar-refractivity contribution >= 4 is 5.91 Å². The van der Waals surface area contributed by atoms with E-state index in [1.807, 2.05) is 0 Å². The summed E-state index contributed by atoms with van der Waals surface area (Å²) in [6.45, 7) is 11.7. The summed E-state index contributed by atoms with van der Waals surface area (Å²) < 4.78 is 0. The molecule has 0 aromatic rings. The highest BCUT2D eigenvalue weighted by Crippen LogP contribution is 2.29. The Morgan fingerprint density at radius 2 is 1.89 bits per heavy atom. The van der Waals surface area contributed by atoms with E-state index in [1.165, 1.54) is 12.8 Å². The second kappa shape index (κ2) is 6.55. The first-order valence-corrected chi connectivity index (χ1v) is 7.34. The molecule has 0 bridgehead atoms. The van der Waals surface area contributed by atoms with Crippen LogP contribution in [0.2, 0.25) is 0 Å². The molecule has 18 heavy (non-hydrogen) atoms. The Labute approximate surface area is 112 Å². The van der Waals surface area contributed by atoms with Crippen molar-refractivity contribution in [2.45, 2.75) is 71.9 Å². The van der Waals surface area contributed by atoms with Gasteiger partial charge in [0.05, 0.1) is 0 Å². The maximum Gasteiger partial charge on any atom is 0.221 e. The van der Waals surface area contributed by atoms with Gasteiger partial charge >= 0.3 is 0 Å². The van der Waals surface area contributed by atoms with Gasteiger partial charge in [0.15, 0.2) is 0 Å². The minimum atomic E-state index is 0.0902. The Hall–Kier alpha value is -0.570. The minimum absolute atomic E-state index is 0.0902. The molecule has 0 aromatic heterocycles. The van der Waals surface area contributed by atoms with Crippen LogP contribution in [0, 0.1) is 11.8 Å². The summed E-state index contributed by atoms with van der Waals surface area (Å²) in [6.07, 6.45) is 4.27. The highest BCUT2D eigenvalue weighted by atomic mass is 16.1. The molecule has 1 rings (SSSR count). The summed E-state index contributed by atoms with van der Waals surface area (Å²) in [7, 11) is 0. The maximum atomic E-state index is 11.9. The van der Waals surface area contributed by atoms with Crippen molar-refractivity contribution in [3.63, 3.8) is 0 Å². The normalized spacial score (nSPS) is 29.1. The lowest BCUT2D eigenvalue weighted by Gasteiger charge is -2.34. The Morgan fingerprint density at radius 1 is 1.22 bits per heavy atom. The molecule has 1 saturated carbocycles. The van der Waals surface area contributed by atoms with Gasteiger partial charge in [-0.25, -0.2) is 0 Å². The van der Waals surface area contributed by atoms with Crippen LogP contribution in [0.4, 0.5) is 0 Å². The van der Waals surface area contributed by atoms with Gasteiger partial charge < -0.3 is 10.6 Å². The molecular weight excluding hydrogens is 224 g/mol. The van der Waals surface area contributed by atoms with Gasteiger partial charge in [-0.2, -0.15) is 0 Å². The van der Waals surface area contributed by atoms with Gasteiger partial charge in [0, 0.05) is 24.5 Å². The molecule has 3 atom stereocenters. The molecule has 3 unspecified atom stereocenters. The predicted octanol–water partition coefficient (Wildman–Crippen LogP) is 2.71. The molecule has 0 aromatic carbocycles. The molecule has 1 aliphatic rings. The lowest BCUT2D eigenvalue weighted by atomic mass is 9.78. The van der Waals surface area contributed by atoms with Gasteiger partial charge in [-0.05, 0) is 39.0 Å². The van der Waals surface area contributed by atoms with E-state index in [0.29, 0.717) is 18.4 Å². The summed E-state index contributed by atoms with van der Waals surface area (Å²) in [4.78, 5) is 11.9. The number of amides is 1. The molecule has 3 heteroatoms. The largest absolute Gasteiger partial charge is 0.353 e. The van der Waals surface area contributed by atoms with Crippen LogP contribution in [0.1, 0.15) is 60.3 Å². The smallest absolute Gasteiger partial charge is 0.221 e. The Bertz CT molecular complexity index is 270. The third kappa shape index (κ3) is 5.38. The average molecular weight is 254 g/mol. The number of hydrogen-bond acceptors (Lipinski definition) is 2. The first kappa shape index (κ1) is 15.5. The molecule has 0 saturated heterocycles. The third-order valence-corrected chi connectivity index (χ3v) is 4.06. The van der Waals surface area contributed by atoms with Crippen LogP contribution in [0.15, 0.2) is 0 Å². The van der Waals surface area contributed by atoms with E-state index in [-0.39, 0.29) is 11.4 Å². The fourth-order valence-corrected chi connectivity index (χ4v) is 2.62. The van der Waals surface area contributed by atoms with Crippen molar-refractivity contribution in [3.8, 4) is 0 Å². The summed E-state index contributed by atoms with van der Waals surface area (Å²) >= 11 is 0. The van der Waals surface area contributed by atoms with Crippen molar-refractivity contribution in [1.82, 2.24) is 10.6 Å². The highest BCUT2D eigenvalue weighted by molar-refractivity contribution is 5.76. The fourth-order valence-electron chi connectivity index (χ4n) is 2.62. The number of carbonyl (C=O) groups is 1. The van der Waals surface area contributed by atoms with Crippen LogP contribution < -0.4 is 10.6 Å². The summed E-state index contributed by atoms with van der Waals surface area (Å²) in [5.74, 6) is 1.53. The molecule has 0 spiro atoms. The molecule has 2 N–H and O–H groups in total. The van der Waals surface area contributed by atoms with E-state index < -0.39 is 0 Å². The molecule has 106 valence electrons. The van der Waals surface area contributed by atoms with Gasteiger partial charge in [-0.1, -0.05) is 26.7 Å². The van der Waals surface area contributed by atoms with Gasteiger partial charge in [-0.3, -0.25) is 4.79 Å². The number of carbonyl (C=O) groups excluding carboxylic acids is 1. The standard InChI is InChI=1S/C15H30N2O/c1-11-7-6-8-13(12(11)2)17-14(18)9-10-16-15(3,4)5/h11-13,16H,6-10H2,1-5H3,(H,17,18). The number of hydrogen-bond donors (Lipinski definition) is 2. The molecule has 1 aliphatic carbocycles. The topological polar surface area (TPSA) is 41.1 Å². The quantitative estimate of drug-likeness (QED) is 0.810. The van der Waals surface area contributed by atoms with Crippen LogP contribution in [-0.2, 0) is 4.79 Å². The Kier molecular flexibility index (Phi) is 5.64. The maximum absolute atomic E-state index is 11.9. The monoisotopic (exact) mass is 254 g/mol. The van der Waals surface area contributed by atoms with E-state index in [0.717, 1.165) is 18.9 Å². The first-order chi connectivity index (χ1) is 8.29. The van der Waals surface area contributed by atoms with Gasteiger partial charge in [-0.15, -0.1) is 0 Å². The lowest BCUT2D eigenvalue weighted by molar-refractivity contribution is -0.122. The van der Waals surface area contributed by atoms with Crippen molar-refractivity contribution in [3.05, 3.63) is 0 Å². The zero-order chi connectivity index (χ0) is 13.8. The molecular formula is C15H30N2O. The average Bonchev–Trinajstić information content (AvgIpc) is 2.23. The molecule has 0 heterocycles. The zero-order valence-electron chi connectivity index (χ0n) is 12.7. The van der Waals surface area contributed by atoms with Crippen molar-refractivity contribution in [2.24, 2.45) is 11.8 Å². The van der Waals surface area contributed by atoms with Crippen LogP contribution >= 0.6 is 0 Å². The van der Waals surface area contributed by atoms with Crippen LogP contribution in [0.5, 0.6) is 0 Å². The van der Waals surface area contributed by atoms with Crippen LogP contribution in [0.25, 0.3) is 0 Å². The van der Waals surface area contributed by atoms with Crippen molar-refractivity contribution in [1.29, 1.82) is 0 Å². The third-order valence-electron chi connectivity index (χ3n) is 4.06. The molecule has 0 radical (unpaired) electrons. The molecule has 0 aliphatic heterocycles. The van der Waals surface area contributed by atoms with Crippen LogP contribution in [0.3, 0.4) is 0 Å². The zero-order valence-corrected chi connectivity index (χ0v) is 12.7. The van der Waals surface area contributed by atoms with Gasteiger partial charge in [0.25, 0.3) is 0 Å². The highest BCUT2D eigenvalue weighted by Gasteiger charge is 2.27. The second-order valence-corrected chi connectivity index (χ2v) is 6.87. The van der Waals surface area contributed by atoms with Gasteiger partial charge in [0.1, 0.15) is 0 Å². The van der Waals surface area contributed by atoms with Crippen molar-refractivity contribution in [2.75, 3.05) is 6.54 Å². The van der Waals surface area contributed by atoms with E-state index in [2.05, 4.69) is 45.3 Å². The number of rotatable bonds is 4. The SMILES string of the molecule is CC1CCCC(NC(=O)CCNC(C)(C)C)C1C. The second-order valence-electron chi connectivity index (χ2n) is 6.87. The van der Waals surface area contributed by atoms with Crippen LogP contribution in [-0.4, -0.2) is 24.0 Å². The Balaban J connectivity index is 2.27. The summed E-state index contributed by atoms with van der Waals surface area (Å²) in [6, 6.07) is 0.385. The minimum Gasteiger partial charge on any atom is -0.353 e. The van der Waals surface area contributed by atoms with Crippen molar-refractivity contribution < 1.29 is 4.79 Å². The summed E-state index contributed by atoms with van der Waals surface area (Å²) in [5.41, 5.74) is 0.0902. The van der Waals surface area contributed by atoms with E-state index in [9.17, 15) is 4.79 Å². The van der Waals surface area contributed by atoms with E-state index in [4.69, 9.17) is 0 Å². The molecule has 1 amide bonds. The lowest BCUT2D eigenvalue weighted by Crippen LogP contribution is -2.45. The predicted molar refractivity (Wildman–Crippen MR) is 76.5 cm³/mol. The van der Waals surface area contributed by atoms with Gasteiger partial charge in [0.2, 0.25) is 5.91 Å². The fraction of sp³-hybridized carbons (Fsp3) is 0.933. The number of nitrogens with one attached hydrogen (secondary N) is 2. The Morgan fingerprint density at radius 3 is 2.50 bits per heavy atom. The summed E-state index contributed by atoms with van der Waals surface area (Å²) in [5, 5.41) is 6.56. The molecule has 3 nitrogen and oxygen atoms in total. The van der Waals surface area contributed by atoms with E-state index in [1.54, 1.807) is 0 Å². The molecule has 1 fully saturated rings.